The van der Waals surface area contributed by atoms with Gasteiger partial charge in [-0.1, -0.05) is 0 Å². The van der Waals surface area contributed by atoms with Crippen LogP contribution in [-0.4, -0.2) is 24.5 Å². The van der Waals surface area contributed by atoms with Gasteiger partial charge in [0.05, 0.1) is 12.2 Å². The second-order valence-electron chi connectivity index (χ2n) is 5.99. The molecule has 1 aliphatic rings. The van der Waals surface area contributed by atoms with Crippen molar-refractivity contribution in [1.82, 2.24) is 0 Å². The highest BCUT2D eigenvalue weighted by molar-refractivity contribution is 7.11. The minimum Gasteiger partial charge on any atom is -0.479 e. The summed E-state index contributed by atoms with van der Waals surface area (Å²) < 4.78 is 16.5. The summed E-state index contributed by atoms with van der Waals surface area (Å²) in [7, 11) is 0. The molecule has 0 fully saturated rings. The summed E-state index contributed by atoms with van der Waals surface area (Å²) in [5, 5.41) is 1.97. The van der Waals surface area contributed by atoms with Crippen molar-refractivity contribution in [2.24, 2.45) is 0 Å². The number of allylic oxidation sites excluding steroid dienone is 1. The Balaban J connectivity index is 1.87. The van der Waals surface area contributed by atoms with Crippen molar-refractivity contribution in [3.8, 4) is 11.5 Å². The summed E-state index contributed by atoms with van der Waals surface area (Å²) in [5.74, 6) is 0.679. The molecule has 5 nitrogen and oxygen atoms in total. The zero-order valence-electron chi connectivity index (χ0n) is 15.1. The van der Waals surface area contributed by atoms with E-state index in [9.17, 15) is 9.59 Å². The van der Waals surface area contributed by atoms with Crippen LogP contribution < -0.4 is 9.47 Å². The van der Waals surface area contributed by atoms with Gasteiger partial charge in [0, 0.05) is 16.5 Å². The molecule has 6 heteroatoms. The Labute approximate surface area is 156 Å². The van der Waals surface area contributed by atoms with E-state index in [1.54, 1.807) is 50.3 Å². The lowest BCUT2D eigenvalue weighted by atomic mass is 10.1. The van der Waals surface area contributed by atoms with Gasteiger partial charge in [-0.25, -0.2) is 4.79 Å². The normalized spacial score (nSPS) is 15.5. The Morgan fingerprint density at radius 3 is 2.73 bits per heavy atom. The van der Waals surface area contributed by atoms with Crippen molar-refractivity contribution < 1.29 is 23.8 Å². The number of ether oxygens (including phenoxy) is 3. The van der Waals surface area contributed by atoms with Crippen LogP contribution in [0.3, 0.4) is 0 Å². The lowest BCUT2D eigenvalue weighted by Crippen LogP contribution is -2.26. The Bertz CT molecular complexity index is 894. The number of thiophene rings is 1. The number of carbonyl (C=O) groups excluding carboxylic acids is 2. The molecule has 1 aromatic heterocycles. The summed E-state index contributed by atoms with van der Waals surface area (Å²) in [6, 6.07) is 5.35. The smallest absolute Gasteiger partial charge is 0.347 e. The number of rotatable bonds is 5. The van der Waals surface area contributed by atoms with E-state index in [0.717, 1.165) is 10.4 Å². The van der Waals surface area contributed by atoms with E-state index in [1.165, 1.54) is 0 Å². The molecule has 3 rings (SSSR count). The molecule has 0 spiro atoms. The van der Waals surface area contributed by atoms with Gasteiger partial charge in [-0.05, 0) is 56.8 Å². The summed E-state index contributed by atoms with van der Waals surface area (Å²) in [4.78, 5) is 25.4. The lowest BCUT2D eigenvalue weighted by molar-refractivity contribution is -0.150. The van der Waals surface area contributed by atoms with Gasteiger partial charge < -0.3 is 14.2 Å². The third-order valence-electron chi connectivity index (χ3n) is 4.12. The summed E-state index contributed by atoms with van der Waals surface area (Å²) in [5.41, 5.74) is 2.27. The molecule has 0 N–H and O–H groups in total. The van der Waals surface area contributed by atoms with Gasteiger partial charge in [0.25, 0.3) is 0 Å². The third kappa shape index (κ3) is 3.37. The van der Waals surface area contributed by atoms with E-state index in [2.05, 4.69) is 0 Å². The monoisotopic (exact) mass is 372 g/mol. The van der Waals surface area contributed by atoms with Gasteiger partial charge in [-0.2, -0.15) is 0 Å². The van der Waals surface area contributed by atoms with E-state index >= 15 is 0 Å². The van der Waals surface area contributed by atoms with Crippen LogP contribution in [-0.2, 0) is 9.53 Å². The van der Waals surface area contributed by atoms with Gasteiger partial charge in [-0.15, -0.1) is 11.3 Å². The van der Waals surface area contributed by atoms with Crippen LogP contribution in [0.2, 0.25) is 0 Å². The summed E-state index contributed by atoms with van der Waals surface area (Å²) in [6.07, 6.45) is 1.02. The molecule has 2 aromatic rings. The van der Waals surface area contributed by atoms with Gasteiger partial charge in [0.2, 0.25) is 5.78 Å². The van der Waals surface area contributed by atoms with Crippen molar-refractivity contribution in [1.29, 1.82) is 0 Å². The number of carbonyl (C=O) groups is 2. The topological polar surface area (TPSA) is 61.8 Å². The molecule has 1 aromatic carbocycles. The second kappa shape index (κ2) is 7.33. The molecule has 0 saturated carbocycles. The van der Waals surface area contributed by atoms with Crippen LogP contribution in [0.5, 0.6) is 11.5 Å². The molecule has 0 aliphatic carbocycles. The molecule has 1 atom stereocenters. The Morgan fingerprint density at radius 1 is 1.31 bits per heavy atom. The quantitative estimate of drug-likeness (QED) is 0.578. The number of benzene rings is 1. The average Bonchev–Trinajstić information content (AvgIpc) is 3.15. The van der Waals surface area contributed by atoms with Crippen molar-refractivity contribution in [2.75, 3.05) is 6.61 Å². The Hall–Kier alpha value is -2.60. The SMILES string of the molecule is CCOC(=O)C(C)Oc1ccc2c(c1C)O/C(=C\c1sccc1C)C2=O. The molecule has 0 amide bonds. The van der Waals surface area contributed by atoms with Gasteiger partial charge >= 0.3 is 5.97 Å². The van der Waals surface area contributed by atoms with E-state index < -0.39 is 12.1 Å². The van der Waals surface area contributed by atoms with Crippen LogP contribution in [0.15, 0.2) is 29.3 Å². The summed E-state index contributed by atoms with van der Waals surface area (Å²) >= 11 is 1.56. The number of hydrogen-bond acceptors (Lipinski definition) is 6. The molecule has 0 radical (unpaired) electrons. The molecule has 1 aliphatic heterocycles. The standard InChI is InChI=1S/C20H20O5S/c1-5-23-20(22)13(4)24-15-7-6-14-18(21)16(25-19(14)12(15)3)10-17-11(2)8-9-26-17/h6-10,13H,5H2,1-4H3/b16-10-. The maximum atomic E-state index is 12.6. The molecular weight excluding hydrogens is 352 g/mol. The third-order valence-corrected chi connectivity index (χ3v) is 5.09. The number of ketones is 1. The highest BCUT2D eigenvalue weighted by Crippen LogP contribution is 2.40. The minimum absolute atomic E-state index is 0.152. The predicted molar refractivity (Wildman–Crippen MR) is 99.9 cm³/mol. The minimum atomic E-state index is -0.743. The first kappa shape index (κ1) is 18.2. The molecule has 136 valence electrons. The number of Topliss-reactive ketones (excluding diaryl/α,β-unsaturated/α-hetero) is 1. The van der Waals surface area contributed by atoms with Crippen LogP contribution in [0.1, 0.15) is 40.2 Å². The first-order valence-electron chi connectivity index (χ1n) is 8.37. The predicted octanol–water partition coefficient (Wildman–Crippen LogP) is 4.31. The van der Waals surface area contributed by atoms with Crippen LogP contribution >= 0.6 is 11.3 Å². The maximum absolute atomic E-state index is 12.6. The van der Waals surface area contributed by atoms with E-state index in [-0.39, 0.29) is 5.78 Å². The van der Waals surface area contributed by atoms with Gasteiger partial charge in [0.1, 0.15) is 11.5 Å². The fourth-order valence-electron chi connectivity index (χ4n) is 2.65. The number of hydrogen-bond donors (Lipinski definition) is 0. The fourth-order valence-corrected chi connectivity index (χ4v) is 3.49. The van der Waals surface area contributed by atoms with E-state index in [0.29, 0.717) is 35.0 Å². The van der Waals surface area contributed by atoms with Gasteiger partial charge in [0.15, 0.2) is 11.9 Å². The number of aryl methyl sites for hydroxylation is 1. The fraction of sp³-hybridized carbons (Fsp3) is 0.300. The Kier molecular flexibility index (Phi) is 5.13. The van der Waals surface area contributed by atoms with Crippen molar-refractivity contribution >= 4 is 29.2 Å². The van der Waals surface area contributed by atoms with Crippen molar-refractivity contribution in [3.63, 3.8) is 0 Å². The Morgan fingerprint density at radius 2 is 2.08 bits per heavy atom. The summed E-state index contributed by atoms with van der Waals surface area (Å²) in [6.45, 7) is 7.46. The molecule has 0 saturated heterocycles. The lowest BCUT2D eigenvalue weighted by Gasteiger charge is -2.16. The van der Waals surface area contributed by atoms with Crippen molar-refractivity contribution in [2.45, 2.75) is 33.8 Å². The molecule has 1 unspecified atom stereocenters. The molecule has 0 bridgehead atoms. The molecule has 2 heterocycles. The first-order valence-corrected chi connectivity index (χ1v) is 9.25. The number of esters is 1. The van der Waals surface area contributed by atoms with Crippen LogP contribution in [0.4, 0.5) is 0 Å². The highest BCUT2D eigenvalue weighted by Gasteiger charge is 2.31. The van der Waals surface area contributed by atoms with Gasteiger partial charge in [-0.3, -0.25) is 4.79 Å². The largest absolute Gasteiger partial charge is 0.479 e. The van der Waals surface area contributed by atoms with Crippen LogP contribution in [0, 0.1) is 13.8 Å². The highest BCUT2D eigenvalue weighted by atomic mass is 32.1. The van der Waals surface area contributed by atoms with E-state index in [4.69, 9.17) is 14.2 Å². The molecule has 26 heavy (non-hydrogen) atoms. The average molecular weight is 372 g/mol. The first-order chi connectivity index (χ1) is 12.4. The molecular formula is C20H20O5S. The van der Waals surface area contributed by atoms with Crippen LogP contribution in [0.25, 0.3) is 6.08 Å². The maximum Gasteiger partial charge on any atom is 0.347 e. The second-order valence-corrected chi connectivity index (χ2v) is 6.93. The van der Waals surface area contributed by atoms with E-state index in [1.807, 2.05) is 18.4 Å². The van der Waals surface area contributed by atoms with Crippen molar-refractivity contribution in [3.05, 3.63) is 50.9 Å². The zero-order valence-corrected chi connectivity index (χ0v) is 15.9. The zero-order chi connectivity index (χ0) is 18.8. The number of fused-ring (bicyclic) bond motifs is 1.